The summed E-state index contributed by atoms with van der Waals surface area (Å²) in [5, 5.41) is 1.55. The lowest BCUT2D eigenvalue weighted by Gasteiger charge is -2.27. The molecule has 5 heteroatoms. The van der Waals surface area contributed by atoms with Crippen molar-refractivity contribution in [2.24, 2.45) is 4.99 Å². The van der Waals surface area contributed by atoms with Crippen LogP contribution in [0.15, 0.2) is 34.2 Å². The summed E-state index contributed by atoms with van der Waals surface area (Å²) in [5.74, 6) is -0.134. The average molecular weight is 307 g/mol. The average Bonchev–Trinajstić information content (AvgIpc) is 2.84. The maximum atomic E-state index is 12.0. The predicted molar refractivity (Wildman–Crippen MR) is 84.9 cm³/mol. The number of benzene rings is 1. The largest absolute Gasteiger partial charge is 0.351 e. The Morgan fingerprint density at radius 2 is 1.85 bits per heavy atom. The van der Waals surface area contributed by atoms with Gasteiger partial charge in [0.05, 0.1) is 4.91 Å². The van der Waals surface area contributed by atoms with Crippen LogP contribution in [0, 0.1) is 0 Å². The molecule has 0 unspecified atom stereocenters. The molecule has 2 heterocycles. The summed E-state index contributed by atoms with van der Waals surface area (Å²) in [6, 6.07) is 7.46. The second kappa shape index (κ2) is 6.02. The molecule has 1 aromatic rings. The van der Waals surface area contributed by atoms with E-state index in [0.29, 0.717) is 9.93 Å². The minimum absolute atomic E-state index is 0.134. The smallest absolute Gasteiger partial charge is 0.286 e. The molecule has 1 aromatic carbocycles. The Balaban J connectivity index is 1.74. The first-order valence-electron chi connectivity index (χ1n) is 6.75. The molecule has 20 heavy (non-hydrogen) atoms. The summed E-state index contributed by atoms with van der Waals surface area (Å²) in [6.07, 6.45) is 5.52. The number of amides is 1. The summed E-state index contributed by atoms with van der Waals surface area (Å²) in [5.41, 5.74) is 0.973. The summed E-state index contributed by atoms with van der Waals surface area (Å²) < 4.78 is 0. The molecule has 1 amide bonds. The maximum Gasteiger partial charge on any atom is 0.286 e. The summed E-state index contributed by atoms with van der Waals surface area (Å²) in [6.45, 7) is 2.01. The molecule has 104 valence electrons. The van der Waals surface area contributed by atoms with E-state index in [1.54, 1.807) is 0 Å². The monoisotopic (exact) mass is 306 g/mol. The molecule has 0 saturated carbocycles. The molecular formula is C15H15ClN2OS. The van der Waals surface area contributed by atoms with Crippen LogP contribution >= 0.6 is 23.4 Å². The van der Waals surface area contributed by atoms with E-state index in [1.165, 1.54) is 31.0 Å². The van der Waals surface area contributed by atoms with Crippen molar-refractivity contribution < 1.29 is 4.79 Å². The molecule has 0 radical (unpaired) electrons. The van der Waals surface area contributed by atoms with E-state index in [4.69, 9.17) is 11.6 Å². The van der Waals surface area contributed by atoms with E-state index in [1.807, 2.05) is 30.3 Å². The molecule has 0 spiro atoms. The van der Waals surface area contributed by atoms with Gasteiger partial charge in [-0.05, 0) is 54.8 Å². The maximum absolute atomic E-state index is 12.0. The van der Waals surface area contributed by atoms with Gasteiger partial charge in [-0.2, -0.15) is 4.99 Å². The Morgan fingerprint density at radius 1 is 1.15 bits per heavy atom. The molecule has 2 aliphatic rings. The number of carbonyl (C=O) groups is 1. The molecule has 1 fully saturated rings. The van der Waals surface area contributed by atoms with E-state index < -0.39 is 0 Å². The highest BCUT2D eigenvalue weighted by molar-refractivity contribution is 8.18. The Hall–Kier alpha value is -1.26. The van der Waals surface area contributed by atoms with Crippen LogP contribution < -0.4 is 0 Å². The Morgan fingerprint density at radius 3 is 2.55 bits per heavy atom. The van der Waals surface area contributed by atoms with Gasteiger partial charge >= 0.3 is 0 Å². The number of carbonyl (C=O) groups excluding carboxylic acids is 1. The van der Waals surface area contributed by atoms with E-state index in [0.717, 1.165) is 23.8 Å². The molecule has 0 bridgehead atoms. The van der Waals surface area contributed by atoms with Crippen molar-refractivity contribution in [2.45, 2.75) is 19.3 Å². The second-order valence-electron chi connectivity index (χ2n) is 4.91. The number of aliphatic imine (C=N–C) groups is 1. The number of amidine groups is 1. The first-order chi connectivity index (χ1) is 9.72. The summed E-state index contributed by atoms with van der Waals surface area (Å²) in [7, 11) is 0. The van der Waals surface area contributed by atoms with Crippen LogP contribution in [0.4, 0.5) is 0 Å². The topological polar surface area (TPSA) is 32.7 Å². The minimum Gasteiger partial charge on any atom is -0.351 e. The van der Waals surface area contributed by atoms with Gasteiger partial charge in [-0.15, -0.1) is 0 Å². The molecule has 2 aliphatic heterocycles. The number of likely N-dealkylation sites (tertiary alicyclic amines) is 1. The van der Waals surface area contributed by atoms with Gasteiger partial charge in [-0.1, -0.05) is 23.7 Å². The van der Waals surface area contributed by atoms with E-state index >= 15 is 0 Å². The van der Waals surface area contributed by atoms with E-state index in [9.17, 15) is 4.79 Å². The van der Waals surface area contributed by atoms with Crippen molar-refractivity contribution in [3.8, 4) is 0 Å². The van der Waals surface area contributed by atoms with Gasteiger partial charge in [-0.3, -0.25) is 4.79 Å². The molecule has 0 aromatic heterocycles. The molecule has 0 atom stereocenters. The lowest BCUT2D eigenvalue weighted by molar-refractivity contribution is -0.113. The molecular weight excluding hydrogens is 292 g/mol. The highest BCUT2D eigenvalue weighted by Crippen LogP contribution is 2.31. The standard InChI is InChI=1S/C15H15ClN2OS/c16-12-6-4-11(5-7-12)10-13-14(19)17-15(20-13)18-8-2-1-3-9-18/h4-7,10H,1-3,8-9H2/b13-10-. The third kappa shape index (κ3) is 3.07. The number of hydrogen-bond donors (Lipinski definition) is 0. The van der Waals surface area contributed by atoms with Gasteiger partial charge in [-0.25, -0.2) is 0 Å². The number of thioether (sulfide) groups is 1. The van der Waals surface area contributed by atoms with Crippen molar-refractivity contribution in [1.29, 1.82) is 0 Å². The van der Waals surface area contributed by atoms with Crippen LogP contribution in [0.5, 0.6) is 0 Å². The SMILES string of the molecule is O=C1N=C(N2CCCCC2)S/C1=C\c1ccc(Cl)cc1. The number of nitrogens with zero attached hydrogens (tertiary/aromatic N) is 2. The third-order valence-corrected chi connectivity index (χ3v) is 4.70. The van der Waals surface area contributed by atoms with Crippen molar-refractivity contribution in [1.82, 2.24) is 4.90 Å². The van der Waals surface area contributed by atoms with Gasteiger partial charge in [0.15, 0.2) is 5.17 Å². The zero-order valence-corrected chi connectivity index (χ0v) is 12.6. The van der Waals surface area contributed by atoms with Crippen LogP contribution in [0.1, 0.15) is 24.8 Å². The van der Waals surface area contributed by atoms with Crippen molar-refractivity contribution in [3.05, 3.63) is 39.8 Å². The predicted octanol–water partition coefficient (Wildman–Crippen LogP) is 3.80. The van der Waals surface area contributed by atoms with E-state index in [2.05, 4.69) is 9.89 Å². The molecule has 0 N–H and O–H groups in total. The fraction of sp³-hybridized carbons (Fsp3) is 0.333. The summed E-state index contributed by atoms with van der Waals surface area (Å²) >= 11 is 7.34. The fourth-order valence-electron chi connectivity index (χ4n) is 2.33. The van der Waals surface area contributed by atoms with E-state index in [-0.39, 0.29) is 5.91 Å². The van der Waals surface area contributed by atoms with Gasteiger partial charge in [0.25, 0.3) is 5.91 Å². The highest BCUT2D eigenvalue weighted by Gasteiger charge is 2.26. The molecule has 3 nitrogen and oxygen atoms in total. The Kier molecular flexibility index (Phi) is 4.13. The van der Waals surface area contributed by atoms with Crippen LogP contribution in [0.2, 0.25) is 5.02 Å². The number of rotatable bonds is 1. The summed E-state index contributed by atoms with van der Waals surface area (Å²) in [4.78, 5) is 19.1. The normalized spacial score (nSPS) is 21.4. The number of piperidine rings is 1. The molecule has 0 aliphatic carbocycles. The highest BCUT2D eigenvalue weighted by atomic mass is 35.5. The van der Waals surface area contributed by atoms with Gasteiger partial charge in [0.2, 0.25) is 0 Å². The lowest BCUT2D eigenvalue weighted by Crippen LogP contribution is -2.33. The van der Waals surface area contributed by atoms with Gasteiger partial charge in [0, 0.05) is 18.1 Å². The third-order valence-electron chi connectivity index (χ3n) is 3.40. The van der Waals surface area contributed by atoms with Crippen molar-refractivity contribution >= 4 is 40.5 Å². The fourth-order valence-corrected chi connectivity index (χ4v) is 3.42. The van der Waals surface area contributed by atoms with Crippen LogP contribution in [-0.2, 0) is 4.79 Å². The van der Waals surface area contributed by atoms with Gasteiger partial charge in [0.1, 0.15) is 0 Å². The number of hydrogen-bond acceptors (Lipinski definition) is 3. The van der Waals surface area contributed by atoms with Crippen LogP contribution in [0.3, 0.4) is 0 Å². The van der Waals surface area contributed by atoms with Crippen LogP contribution in [-0.4, -0.2) is 29.1 Å². The number of halogens is 1. The van der Waals surface area contributed by atoms with Crippen molar-refractivity contribution in [3.63, 3.8) is 0 Å². The zero-order valence-electron chi connectivity index (χ0n) is 11.0. The Bertz CT molecular complexity index is 574. The molecule has 3 rings (SSSR count). The zero-order chi connectivity index (χ0) is 13.9. The first-order valence-corrected chi connectivity index (χ1v) is 7.95. The van der Waals surface area contributed by atoms with Crippen LogP contribution in [0.25, 0.3) is 6.08 Å². The van der Waals surface area contributed by atoms with Gasteiger partial charge < -0.3 is 4.90 Å². The Labute approximate surface area is 127 Å². The quantitative estimate of drug-likeness (QED) is 0.740. The van der Waals surface area contributed by atoms with Crippen molar-refractivity contribution in [2.75, 3.05) is 13.1 Å². The minimum atomic E-state index is -0.134. The molecule has 1 saturated heterocycles. The first kappa shape index (κ1) is 13.7. The second-order valence-corrected chi connectivity index (χ2v) is 6.35. The lowest BCUT2D eigenvalue weighted by atomic mass is 10.1.